The number of fused-ring (bicyclic) bond motifs is 1. The van der Waals surface area contributed by atoms with Crippen LogP contribution < -0.4 is 10.2 Å². The average Bonchev–Trinajstić information content (AvgIpc) is 2.75. The van der Waals surface area contributed by atoms with Crippen LogP contribution in [0.5, 0.6) is 0 Å². The molecule has 1 N–H and O–H groups in total. The van der Waals surface area contributed by atoms with Crippen LogP contribution in [0.4, 0.5) is 32.0 Å². The zero-order chi connectivity index (χ0) is 23.9. The fraction of sp³-hybridized carbons (Fsp3) is 0.217. The molecule has 4 rings (SSSR count). The third kappa shape index (κ3) is 4.41. The van der Waals surface area contributed by atoms with E-state index in [2.05, 4.69) is 0 Å². The first-order valence-corrected chi connectivity index (χ1v) is 11.0. The van der Waals surface area contributed by atoms with Gasteiger partial charge in [0.05, 0.1) is 0 Å². The molecule has 0 fully saturated rings. The number of nitrogens with one attached hydrogen (secondary N) is 1. The molecule has 0 spiro atoms. The predicted octanol–water partition coefficient (Wildman–Crippen LogP) is 7.35. The predicted molar refractivity (Wildman–Crippen MR) is 117 cm³/mol. The molecule has 0 bridgehead atoms. The molecule has 10 heteroatoms. The molecule has 0 radical (unpaired) electrons. The Balaban J connectivity index is 1.93. The van der Waals surface area contributed by atoms with Crippen LogP contribution in [0, 0.1) is 0 Å². The van der Waals surface area contributed by atoms with Gasteiger partial charge in [0.25, 0.3) is 0 Å². The molecule has 1 heterocycles. The van der Waals surface area contributed by atoms with Crippen LogP contribution >= 0.6 is 23.4 Å². The summed E-state index contributed by atoms with van der Waals surface area (Å²) in [4.78, 5) is 2.01. The molecule has 1 aliphatic rings. The zero-order valence-electron chi connectivity index (χ0n) is 16.8. The Bertz CT molecular complexity index is 1090. The topological polar surface area (TPSA) is 15.3 Å². The van der Waals surface area contributed by atoms with Gasteiger partial charge >= 0.3 is 12.4 Å². The van der Waals surface area contributed by atoms with E-state index in [-0.39, 0.29) is 17.3 Å². The van der Waals surface area contributed by atoms with Crippen LogP contribution in [0.2, 0.25) is 5.02 Å². The summed E-state index contributed by atoms with van der Waals surface area (Å²) < 4.78 is 85.9. The molecule has 1 atom stereocenters. The molecule has 3 aromatic carbocycles. The summed E-state index contributed by atoms with van der Waals surface area (Å²) in [5.74, 6) is 0. The van der Waals surface area contributed by atoms with Crippen LogP contribution in [0.25, 0.3) is 0 Å². The largest absolute Gasteiger partial charge is 0.419 e. The van der Waals surface area contributed by atoms with Crippen LogP contribution in [-0.2, 0) is 12.1 Å². The van der Waals surface area contributed by atoms with E-state index in [4.69, 9.17) is 11.6 Å². The van der Waals surface area contributed by atoms with Gasteiger partial charge in [-0.25, -0.2) is 0 Å². The highest BCUT2D eigenvalue weighted by Gasteiger charge is 2.74. The number of hydrogen-bond donors (Lipinski definition) is 1. The van der Waals surface area contributed by atoms with Crippen molar-refractivity contribution >= 4 is 29.1 Å². The smallest absolute Gasteiger partial charge is 0.342 e. The van der Waals surface area contributed by atoms with Gasteiger partial charge < -0.3 is 4.90 Å². The van der Waals surface area contributed by atoms with Gasteiger partial charge in [-0.2, -0.15) is 26.3 Å². The van der Waals surface area contributed by atoms with Crippen LogP contribution in [0.15, 0.2) is 83.8 Å². The Labute approximate surface area is 195 Å². The van der Waals surface area contributed by atoms with Gasteiger partial charge in [0.2, 0.25) is 5.54 Å². The minimum atomic E-state index is -5.68. The number of nitrogens with zero attached hydrogens (tertiary/aromatic N) is 1. The van der Waals surface area contributed by atoms with Gasteiger partial charge in [0.15, 0.2) is 0 Å². The molecule has 2 nitrogen and oxygen atoms in total. The van der Waals surface area contributed by atoms with E-state index in [1.165, 1.54) is 17.0 Å². The van der Waals surface area contributed by atoms with E-state index in [0.29, 0.717) is 4.90 Å². The van der Waals surface area contributed by atoms with Crippen molar-refractivity contribution in [3.8, 4) is 0 Å². The Kier molecular flexibility index (Phi) is 6.32. The zero-order valence-corrected chi connectivity index (χ0v) is 18.4. The molecule has 1 unspecified atom stereocenters. The number of anilines is 1. The average molecular weight is 503 g/mol. The maximum Gasteiger partial charge on any atom is 0.419 e. The van der Waals surface area contributed by atoms with Crippen molar-refractivity contribution in [3.05, 3.63) is 95.0 Å². The molecule has 0 amide bonds. The quantitative estimate of drug-likeness (QED) is 0.376. The summed E-state index contributed by atoms with van der Waals surface area (Å²) in [5, 5.41) is 1.71. The maximum absolute atomic E-state index is 14.3. The first kappa shape index (κ1) is 23.8. The SMILES string of the molecule is FC(F)(F)C1(C(F)(F)F)NC(Sc2ccccc2)N(Cc2ccccc2)c2ccc(Cl)cc21. The van der Waals surface area contributed by atoms with Crippen molar-refractivity contribution in [3.63, 3.8) is 0 Å². The van der Waals surface area contributed by atoms with Crippen LogP contribution in [0.1, 0.15) is 11.1 Å². The third-order valence-electron chi connectivity index (χ3n) is 5.33. The minimum absolute atomic E-state index is 0.0821. The summed E-state index contributed by atoms with van der Waals surface area (Å²) in [5.41, 5.74) is -6.12. The molecule has 1 aliphatic heterocycles. The van der Waals surface area contributed by atoms with E-state index in [0.717, 1.165) is 23.4 Å². The Hall–Kier alpha value is -2.36. The van der Waals surface area contributed by atoms with Crippen molar-refractivity contribution in [1.29, 1.82) is 0 Å². The molecule has 0 saturated carbocycles. The number of benzene rings is 3. The van der Waals surface area contributed by atoms with Crippen molar-refractivity contribution in [2.45, 2.75) is 34.8 Å². The van der Waals surface area contributed by atoms with E-state index in [1.807, 2.05) is 5.32 Å². The summed E-state index contributed by atoms with van der Waals surface area (Å²) >= 11 is 6.77. The van der Waals surface area contributed by atoms with Crippen molar-refractivity contribution in [2.75, 3.05) is 4.90 Å². The van der Waals surface area contributed by atoms with E-state index < -0.39 is 29.0 Å². The lowest BCUT2D eigenvalue weighted by Crippen LogP contribution is -2.70. The molecule has 0 aliphatic carbocycles. The van der Waals surface area contributed by atoms with Crippen molar-refractivity contribution in [2.24, 2.45) is 0 Å². The highest BCUT2D eigenvalue weighted by Crippen LogP contribution is 2.56. The highest BCUT2D eigenvalue weighted by molar-refractivity contribution is 8.00. The molecule has 174 valence electrons. The van der Waals surface area contributed by atoms with E-state index >= 15 is 0 Å². The first-order valence-electron chi connectivity index (χ1n) is 9.76. The summed E-state index contributed by atoms with van der Waals surface area (Å²) in [6, 6.07) is 20.4. The molecule has 0 saturated heterocycles. The minimum Gasteiger partial charge on any atom is -0.342 e. The Morgan fingerprint density at radius 2 is 1.42 bits per heavy atom. The lowest BCUT2D eigenvalue weighted by atomic mass is 9.84. The van der Waals surface area contributed by atoms with Gasteiger partial charge in [0, 0.05) is 27.7 Å². The van der Waals surface area contributed by atoms with Gasteiger partial charge in [-0.1, -0.05) is 71.9 Å². The number of alkyl halides is 6. The van der Waals surface area contributed by atoms with Crippen LogP contribution in [0.3, 0.4) is 0 Å². The molecule has 0 aromatic heterocycles. The van der Waals surface area contributed by atoms with Gasteiger partial charge in [-0.15, -0.1) is 0 Å². The van der Waals surface area contributed by atoms with Gasteiger partial charge in [-0.3, -0.25) is 5.32 Å². The second-order valence-corrected chi connectivity index (χ2v) is 9.04. The summed E-state index contributed by atoms with van der Waals surface area (Å²) in [6.45, 7) is 0.0821. The monoisotopic (exact) mass is 502 g/mol. The Morgan fingerprint density at radius 1 is 0.848 bits per heavy atom. The fourth-order valence-electron chi connectivity index (χ4n) is 3.83. The molecular weight excluding hydrogens is 486 g/mol. The van der Waals surface area contributed by atoms with Gasteiger partial charge in [0.1, 0.15) is 5.50 Å². The van der Waals surface area contributed by atoms with E-state index in [9.17, 15) is 26.3 Å². The van der Waals surface area contributed by atoms with Crippen molar-refractivity contribution < 1.29 is 26.3 Å². The number of thioether (sulfide) groups is 1. The maximum atomic E-state index is 14.3. The lowest BCUT2D eigenvalue weighted by molar-refractivity contribution is -0.315. The first-order chi connectivity index (χ1) is 15.5. The normalized spacial score (nSPS) is 18.2. The molecular formula is C23H17ClF6N2S. The van der Waals surface area contributed by atoms with Crippen LogP contribution in [-0.4, -0.2) is 17.9 Å². The van der Waals surface area contributed by atoms with Gasteiger partial charge in [-0.05, 0) is 35.9 Å². The fourth-order valence-corrected chi connectivity index (χ4v) is 5.12. The highest BCUT2D eigenvalue weighted by atomic mass is 35.5. The second-order valence-electron chi connectivity index (χ2n) is 7.45. The molecule has 3 aromatic rings. The summed E-state index contributed by atoms with van der Waals surface area (Å²) in [6.07, 6.45) is -11.4. The second kappa shape index (κ2) is 8.77. The third-order valence-corrected chi connectivity index (χ3v) is 6.71. The number of halogens is 7. The standard InChI is InChI=1S/C23H17ClF6N2S/c24-16-11-12-19-18(13-16)21(22(25,26)27,23(28,29)30)31-20(33-17-9-5-2-6-10-17)32(19)14-15-7-3-1-4-8-15/h1-13,20,31H,14H2. The summed E-state index contributed by atoms with van der Waals surface area (Å²) in [7, 11) is 0. The Morgan fingerprint density at radius 3 is 2.00 bits per heavy atom. The number of rotatable bonds is 4. The molecule has 33 heavy (non-hydrogen) atoms. The number of hydrogen-bond acceptors (Lipinski definition) is 3. The lowest BCUT2D eigenvalue weighted by Gasteiger charge is -2.50. The van der Waals surface area contributed by atoms with Crippen molar-refractivity contribution in [1.82, 2.24) is 5.32 Å². The van der Waals surface area contributed by atoms with E-state index in [1.54, 1.807) is 60.7 Å².